The topological polar surface area (TPSA) is 38.2 Å². The van der Waals surface area contributed by atoms with Crippen molar-refractivity contribution in [2.75, 3.05) is 25.1 Å². The van der Waals surface area contributed by atoms with Crippen LogP contribution in [0.1, 0.15) is 12.5 Å². The molecule has 0 unspecified atom stereocenters. The number of aromatic nitrogens is 2. The number of nitrogens with zero attached hydrogens (tertiary/aromatic N) is 3. The molecule has 1 aliphatic heterocycles. The summed E-state index contributed by atoms with van der Waals surface area (Å²) in [7, 11) is 1.73. The van der Waals surface area contributed by atoms with E-state index in [4.69, 9.17) is 4.74 Å². The molecule has 0 bridgehead atoms. The summed E-state index contributed by atoms with van der Waals surface area (Å²) in [5, 5.41) is 0. The fraction of sp³-hybridized carbons (Fsp3) is 0.455. The van der Waals surface area contributed by atoms with Crippen LogP contribution in [-0.2, 0) is 4.74 Å². The Labute approximate surface area is 89.6 Å². The lowest BCUT2D eigenvalue weighted by atomic mass is 10.2. The third-order valence-electron chi connectivity index (χ3n) is 2.60. The Morgan fingerprint density at radius 1 is 1.47 bits per heavy atom. The zero-order valence-electron chi connectivity index (χ0n) is 9.10. The van der Waals surface area contributed by atoms with Gasteiger partial charge in [-0.05, 0) is 12.5 Å². The molecule has 0 aromatic carbocycles. The summed E-state index contributed by atoms with van der Waals surface area (Å²) in [6, 6.07) is 0. The first-order valence-electron chi connectivity index (χ1n) is 4.96. The van der Waals surface area contributed by atoms with Crippen molar-refractivity contribution in [1.82, 2.24) is 9.97 Å². The van der Waals surface area contributed by atoms with E-state index < -0.39 is 0 Å². The maximum absolute atomic E-state index is 5.19. The van der Waals surface area contributed by atoms with Crippen LogP contribution in [0.25, 0.3) is 5.57 Å². The maximum Gasteiger partial charge on any atom is 0.225 e. The van der Waals surface area contributed by atoms with Crippen molar-refractivity contribution in [2.45, 2.75) is 13.0 Å². The van der Waals surface area contributed by atoms with Gasteiger partial charge in [0, 0.05) is 38.2 Å². The second kappa shape index (κ2) is 3.98. The molecule has 1 aromatic heterocycles. The van der Waals surface area contributed by atoms with Gasteiger partial charge in [0.2, 0.25) is 5.95 Å². The Morgan fingerprint density at radius 3 is 2.53 bits per heavy atom. The van der Waals surface area contributed by atoms with Crippen molar-refractivity contribution >= 4 is 11.5 Å². The molecule has 4 nitrogen and oxygen atoms in total. The number of ether oxygens (including phenoxy) is 1. The lowest BCUT2D eigenvalue weighted by Gasteiger charge is -2.37. The highest BCUT2D eigenvalue weighted by atomic mass is 16.5. The van der Waals surface area contributed by atoms with Gasteiger partial charge in [-0.15, -0.1) is 0 Å². The molecule has 0 amide bonds. The Morgan fingerprint density at radius 2 is 2.07 bits per heavy atom. The highest BCUT2D eigenvalue weighted by Crippen LogP contribution is 2.18. The van der Waals surface area contributed by atoms with Gasteiger partial charge < -0.3 is 9.64 Å². The normalized spacial score (nSPS) is 16.3. The van der Waals surface area contributed by atoms with Crippen LogP contribution in [0.3, 0.4) is 0 Å². The molecule has 0 saturated carbocycles. The van der Waals surface area contributed by atoms with Gasteiger partial charge in [0.25, 0.3) is 0 Å². The van der Waals surface area contributed by atoms with Gasteiger partial charge in [-0.1, -0.05) is 6.58 Å². The lowest BCUT2D eigenvalue weighted by Crippen LogP contribution is -2.52. The van der Waals surface area contributed by atoms with Gasteiger partial charge in [0.1, 0.15) is 0 Å². The summed E-state index contributed by atoms with van der Waals surface area (Å²) in [6.45, 7) is 7.55. The zero-order chi connectivity index (χ0) is 10.8. The first kappa shape index (κ1) is 10.1. The molecule has 4 heteroatoms. The van der Waals surface area contributed by atoms with E-state index in [1.165, 1.54) is 0 Å². The lowest BCUT2D eigenvalue weighted by molar-refractivity contribution is 0.0778. The number of anilines is 1. The highest BCUT2D eigenvalue weighted by Gasteiger charge is 2.28. The molecule has 1 aliphatic rings. The van der Waals surface area contributed by atoms with Crippen molar-refractivity contribution in [1.29, 1.82) is 0 Å². The molecule has 0 atom stereocenters. The maximum atomic E-state index is 5.19. The summed E-state index contributed by atoms with van der Waals surface area (Å²) in [6.07, 6.45) is 3.95. The van der Waals surface area contributed by atoms with Crippen molar-refractivity contribution in [2.24, 2.45) is 0 Å². The summed E-state index contributed by atoms with van der Waals surface area (Å²) < 4.78 is 5.19. The van der Waals surface area contributed by atoms with Crippen LogP contribution in [0.5, 0.6) is 0 Å². The van der Waals surface area contributed by atoms with Crippen LogP contribution in [0.15, 0.2) is 19.0 Å². The van der Waals surface area contributed by atoms with Gasteiger partial charge in [0.15, 0.2) is 0 Å². The van der Waals surface area contributed by atoms with Crippen LogP contribution in [-0.4, -0.2) is 36.3 Å². The summed E-state index contributed by atoms with van der Waals surface area (Å²) in [5.41, 5.74) is 1.97. The molecule has 1 aromatic rings. The van der Waals surface area contributed by atoms with E-state index in [1.54, 1.807) is 7.11 Å². The second-order valence-electron chi connectivity index (χ2n) is 3.81. The van der Waals surface area contributed by atoms with Crippen LogP contribution in [0, 0.1) is 0 Å². The van der Waals surface area contributed by atoms with Crippen molar-refractivity contribution < 1.29 is 4.74 Å². The fourth-order valence-corrected chi connectivity index (χ4v) is 1.46. The quantitative estimate of drug-likeness (QED) is 0.746. The molecule has 0 aliphatic carbocycles. The van der Waals surface area contributed by atoms with E-state index in [0.717, 1.165) is 30.2 Å². The van der Waals surface area contributed by atoms with Crippen LogP contribution >= 0.6 is 0 Å². The first-order chi connectivity index (χ1) is 7.20. The minimum atomic E-state index is 0.328. The fourth-order valence-electron chi connectivity index (χ4n) is 1.46. The summed E-state index contributed by atoms with van der Waals surface area (Å²) in [4.78, 5) is 10.7. The van der Waals surface area contributed by atoms with Crippen molar-refractivity contribution in [3.8, 4) is 0 Å². The van der Waals surface area contributed by atoms with Gasteiger partial charge in [0.05, 0.1) is 6.10 Å². The molecule has 1 saturated heterocycles. The molecule has 15 heavy (non-hydrogen) atoms. The first-order valence-corrected chi connectivity index (χ1v) is 4.96. The average molecular weight is 205 g/mol. The van der Waals surface area contributed by atoms with E-state index in [1.807, 2.05) is 19.3 Å². The number of hydrogen-bond acceptors (Lipinski definition) is 4. The molecule has 1 fully saturated rings. The molecular formula is C11H15N3O. The largest absolute Gasteiger partial charge is 0.378 e. The highest BCUT2D eigenvalue weighted by molar-refractivity contribution is 5.60. The predicted octanol–water partition coefficient (Wildman–Crippen LogP) is 1.34. The van der Waals surface area contributed by atoms with Gasteiger partial charge in [-0.2, -0.15) is 0 Å². The Balaban J connectivity index is 2.02. The molecule has 2 rings (SSSR count). The minimum absolute atomic E-state index is 0.328. The van der Waals surface area contributed by atoms with E-state index in [-0.39, 0.29) is 0 Å². The van der Waals surface area contributed by atoms with Crippen LogP contribution in [0.2, 0.25) is 0 Å². The standard InChI is InChI=1S/C11H15N3O/c1-8(2)9-4-12-11(13-5-9)14-6-10(7-14)15-3/h4-5,10H,1,6-7H2,2-3H3. The summed E-state index contributed by atoms with van der Waals surface area (Å²) >= 11 is 0. The third kappa shape index (κ3) is 1.99. The minimum Gasteiger partial charge on any atom is -0.378 e. The Bertz CT molecular complexity index is 355. The Hall–Kier alpha value is -1.42. The monoisotopic (exact) mass is 205 g/mol. The van der Waals surface area contributed by atoms with Crippen LogP contribution in [0.4, 0.5) is 5.95 Å². The van der Waals surface area contributed by atoms with Gasteiger partial charge >= 0.3 is 0 Å². The predicted molar refractivity (Wildman–Crippen MR) is 59.8 cm³/mol. The number of rotatable bonds is 3. The number of hydrogen-bond donors (Lipinski definition) is 0. The van der Waals surface area contributed by atoms with E-state index in [2.05, 4.69) is 21.4 Å². The van der Waals surface area contributed by atoms with E-state index >= 15 is 0 Å². The SMILES string of the molecule is C=C(C)c1cnc(N2CC(OC)C2)nc1. The van der Waals surface area contributed by atoms with Gasteiger partial charge in [-0.25, -0.2) is 9.97 Å². The van der Waals surface area contributed by atoms with E-state index in [9.17, 15) is 0 Å². The summed E-state index contributed by atoms with van der Waals surface area (Å²) in [5.74, 6) is 0.772. The molecular weight excluding hydrogens is 190 g/mol. The Kier molecular flexibility index (Phi) is 2.68. The number of methoxy groups -OCH3 is 1. The molecule has 2 heterocycles. The van der Waals surface area contributed by atoms with Gasteiger partial charge in [-0.3, -0.25) is 0 Å². The smallest absolute Gasteiger partial charge is 0.225 e. The van der Waals surface area contributed by atoms with Crippen molar-refractivity contribution in [3.63, 3.8) is 0 Å². The van der Waals surface area contributed by atoms with Crippen molar-refractivity contribution in [3.05, 3.63) is 24.5 Å². The van der Waals surface area contributed by atoms with Crippen LogP contribution < -0.4 is 4.90 Å². The molecule has 80 valence electrons. The third-order valence-corrected chi connectivity index (χ3v) is 2.60. The van der Waals surface area contributed by atoms with E-state index in [0.29, 0.717) is 6.10 Å². The average Bonchev–Trinajstić information content (AvgIpc) is 2.17. The second-order valence-corrected chi connectivity index (χ2v) is 3.81. The zero-order valence-corrected chi connectivity index (χ0v) is 9.10. The molecule has 0 radical (unpaired) electrons. The molecule has 0 spiro atoms. The number of allylic oxidation sites excluding steroid dienone is 1. The molecule has 0 N–H and O–H groups in total.